The maximum Gasteiger partial charge on any atom is 0.262 e. The molecule has 0 bridgehead atoms. The lowest BCUT2D eigenvalue weighted by atomic mass is 9.78. The molecule has 4 rings (SSSR count). The number of thiophene rings is 1. The number of hydrogen-bond acceptors (Lipinski definition) is 4. The van der Waals surface area contributed by atoms with E-state index in [0.29, 0.717) is 22.1 Å². The number of nitrogens with one attached hydrogen (secondary N) is 1. The van der Waals surface area contributed by atoms with Gasteiger partial charge in [0.2, 0.25) is 5.91 Å². The van der Waals surface area contributed by atoms with Gasteiger partial charge >= 0.3 is 0 Å². The fourth-order valence-corrected chi connectivity index (χ4v) is 5.01. The number of rotatable bonds is 4. The molecular formula is C22H25N3O2S. The monoisotopic (exact) mass is 395 g/mol. The van der Waals surface area contributed by atoms with Crippen molar-refractivity contribution in [3.05, 3.63) is 53.1 Å². The fourth-order valence-electron chi connectivity index (χ4n) is 4.01. The number of aromatic nitrogens is 2. The minimum Gasteiger partial charge on any atom is -0.352 e. The molecule has 6 heteroatoms. The second kappa shape index (κ2) is 7.87. The third kappa shape index (κ3) is 3.74. The van der Waals surface area contributed by atoms with E-state index in [9.17, 15) is 9.59 Å². The van der Waals surface area contributed by atoms with E-state index < -0.39 is 0 Å². The maximum absolute atomic E-state index is 12.9. The van der Waals surface area contributed by atoms with E-state index in [4.69, 9.17) is 0 Å². The van der Waals surface area contributed by atoms with Gasteiger partial charge in [-0.15, -0.1) is 11.3 Å². The summed E-state index contributed by atoms with van der Waals surface area (Å²) in [6.07, 6.45) is 4.85. The molecule has 28 heavy (non-hydrogen) atoms. The number of nitrogens with zero attached hydrogens (tertiary/aromatic N) is 2. The lowest BCUT2D eigenvalue weighted by Crippen LogP contribution is -2.45. The number of hydrogen-bond donors (Lipinski definition) is 1. The second-order valence-electron chi connectivity index (χ2n) is 7.81. The maximum atomic E-state index is 12.9. The van der Waals surface area contributed by atoms with Gasteiger partial charge in [-0.2, -0.15) is 0 Å². The van der Waals surface area contributed by atoms with Crippen LogP contribution in [0.1, 0.15) is 33.1 Å². The molecule has 1 amide bonds. The van der Waals surface area contributed by atoms with Crippen LogP contribution in [0.4, 0.5) is 0 Å². The van der Waals surface area contributed by atoms with Crippen molar-refractivity contribution in [1.29, 1.82) is 0 Å². The molecule has 1 fully saturated rings. The van der Waals surface area contributed by atoms with Crippen molar-refractivity contribution >= 4 is 27.5 Å². The van der Waals surface area contributed by atoms with E-state index in [1.807, 2.05) is 36.4 Å². The van der Waals surface area contributed by atoms with Crippen LogP contribution in [0.3, 0.4) is 0 Å². The van der Waals surface area contributed by atoms with Gasteiger partial charge in [-0.1, -0.05) is 57.0 Å². The van der Waals surface area contributed by atoms with Crippen molar-refractivity contribution in [2.75, 3.05) is 0 Å². The summed E-state index contributed by atoms with van der Waals surface area (Å²) in [6, 6.07) is 12.0. The Labute approximate surface area is 168 Å². The smallest absolute Gasteiger partial charge is 0.262 e. The molecule has 1 aromatic carbocycles. The fraction of sp³-hybridized carbons (Fsp3) is 0.409. The molecule has 2 heterocycles. The highest BCUT2D eigenvalue weighted by Gasteiger charge is 2.28. The summed E-state index contributed by atoms with van der Waals surface area (Å²) in [5.41, 5.74) is 0.901. The molecule has 0 spiro atoms. The van der Waals surface area contributed by atoms with Gasteiger partial charge in [0.25, 0.3) is 5.56 Å². The van der Waals surface area contributed by atoms with Crippen molar-refractivity contribution in [1.82, 2.24) is 14.9 Å². The standard InChI is InChI=1S/C22H25N3O2S/c1-14-7-6-10-18(15(14)2)24-20(26)12-25-13-23-21-17(22(25)27)11-19(28-21)16-8-4-3-5-9-16/h3-5,8-9,11,13-15,18H,6-7,10,12H2,1-2H3,(H,24,26)/t14-,15-,18+/m1/s1. The van der Waals surface area contributed by atoms with Crippen LogP contribution in [0.5, 0.6) is 0 Å². The number of carbonyl (C=O) groups is 1. The molecule has 1 saturated carbocycles. The first kappa shape index (κ1) is 18.9. The summed E-state index contributed by atoms with van der Waals surface area (Å²) in [7, 11) is 0. The molecule has 2 aromatic heterocycles. The van der Waals surface area contributed by atoms with E-state index >= 15 is 0 Å². The first-order valence-corrected chi connectivity index (χ1v) is 10.7. The highest BCUT2D eigenvalue weighted by molar-refractivity contribution is 7.21. The van der Waals surface area contributed by atoms with Gasteiger partial charge in [0, 0.05) is 10.9 Å². The first-order valence-electron chi connectivity index (χ1n) is 9.86. The van der Waals surface area contributed by atoms with Crippen molar-refractivity contribution in [3.8, 4) is 10.4 Å². The van der Waals surface area contributed by atoms with E-state index in [0.717, 1.165) is 23.3 Å². The Hall–Kier alpha value is -2.47. The van der Waals surface area contributed by atoms with Crippen LogP contribution in [0.15, 0.2) is 47.5 Å². The number of benzene rings is 1. The number of amides is 1. The van der Waals surface area contributed by atoms with Crippen LogP contribution in [0.25, 0.3) is 20.7 Å². The Morgan fingerprint density at radius 2 is 2.04 bits per heavy atom. The van der Waals surface area contributed by atoms with Crippen molar-refractivity contribution < 1.29 is 4.79 Å². The molecule has 0 radical (unpaired) electrons. The molecule has 1 N–H and O–H groups in total. The summed E-state index contributed by atoms with van der Waals surface area (Å²) in [5.74, 6) is 0.954. The molecule has 1 aliphatic rings. The van der Waals surface area contributed by atoms with Crippen LogP contribution in [0, 0.1) is 11.8 Å². The quantitative estimate of drug-likeness (QED) is 0.724. The Balaban J connectivity index is 1.53. The molecule has 3 atom stereocenters. The molecule has 0 unspecified atom stereocenters. The predicted octanol–water partition coefficient (Wildman–Crippen LogP) is 4.07. The van der Waals surface area contributed by atoms with E-state index in [-0.39, 0.29) is 24.1 Å². The minimum atomic E-state index is -0.163. The predicted molar refractivity (Wildman–Crippen MR) is 113 cm³/mol. The largest absolute Gasteiger partial charge is 0.352 e. The zero-order chi connectivity index (χ0) is 19.7. The third-order valence-corrected chi connectivity index (χ3v) is 7.04. The molecular weight excluding hydrogens is 370 g/mol. The van der Waals surface area contributed by atoms with Crippen LogP contribution in [-0.4, -0.2) is 21.5 Å². The molecule has 146 valence electrons. The molecule has 0 aliphatic heterocycles. The number of carbonyl (C=O) groups excluding carboxylic acids is 1. The van der Waals surface area contributed by atoms with Gasteiger partial charge < -0.3 is 5.32 Å². The second-order valence-corrected chi connectivity index (χ2v) is 8.85. The lowest BCUT2D eigenvalue weighted by Gasteiger charge is -2.34. The van der Waals surface area contributed by atoms with Gasteiger partial charge in [0.15, 0.2) is 0 Å². The van der Waals surface area contributed by atoms with Crippen LogP contribution < -0.4 is 10.9 Å². The van der Waals surface area contributed by atoms with Gasteiger partial charge in [0.05, 0.1) is 11.7 Å². The lowest BCUT2D eigenvalue weighted by molar-refractivity contribution is -0.123. The van der Waals surface area contributed by atoms with Gasteiger partial charge in [-0.05, 0) is 29.9 Å². The van der Waals surface area contributed by atoms with Crippen molar-refractivity contribution in [2.24, 2.45) is 11.8 Å². The van der Waals surface area contributed by atoms with Crippen molar-refractivity contribution in [2.45, 2.75) is 45.7 Å². The molecule has 3 aromatic rings. The van der Waals surface area contributed by atoms with E-state index in [2.05, 4.69) is 24.1 Å². The highest BCUT2D eigenvalue weighted by Crippen LogP contribution is 2.31. The molecule has 1 aliphatic carbocycles. The number of fused-ring (bicyclic) bond motifs is 1. The van der Waals surface area contributed by atoms with Gasteiger partial charge in [-0.25, -0.2) is 4.98 Å². The summed E-state index contributed by atoms with van der Waals surface area (Å²) < 4.78 is 1.41. The average molecular weight is 396 g/mol. The average Bonchev–Trinajstić information content (AvgIpc) is 3.14. The first-order chi connectivity index (χ1) is 13.5. The summed E-state index contributed by atoms with van der Waals surface area (Å²) in [6.45, 7) is 4.45. The van der Waals surface area contributed by atoms with Crippen LogP contribution in [-0.2, 0) is 11.3 Å². The van der Waals surface area contributed by atoms with E-state index in [1.54, 1.807) is 0 Å². The Morgan fingerprint density at radius 3 is 2.82 bits per heavy atom. The molecule has 5 nitrogen and oxygen atoms in total. The van der Waals surface area contributed by atoms with Crippen LogP contribution in [0.2, 0.25) is 0 Å². The zero-order valence-electron chi connectivity index (χ0n) is 16.2. The topological polar surface area (TPSA) is 64.0 Å². The Morgan fingerprint density at radius 1 is 1.25 bits per heavy atom. The summed E-state index contributed by atoms with van der Waals surface area (Å²) in [4.78, 5) is 31.5. The minimum absolute atomic E-state index is 0.00981. The summed E-state index contributed by atoms with van der Waals surface area (Å²) in [5, 5.41) is 3.70. The normalized spacial score (nSPS) is 22.3. The van der Waals surface area contributed by atoms with Gasteiger partial charge in [-0.3, -0.25) is 14.2 Å². The SMILES string of the molecule is C[C@@H]1[C@H](C)CCC[C@@H]1NC(=O)Cn1cnc2sc(-c3ccccc3)cc2c1=O. The van der Waals surface area contributed by atoms with Gasteiger partial charge in [0.1, 0.15) is 11.4 Å². The Bertz CT molecular complexity index is 1040. The Kier molecular flexibility index (Phi) is 5.31. The summed E-state index contributed by atoms with van der Waals surface area (Å²) >= 11 is 1.50. The molecule has 0 saturated heterocycles. The highest BCUT2D eigenvalue weighted by atomic mass is 32.1. The van der Waals surface area contributed by atoms with Crippen molar-refractivity contribution in [3.63, 3.8) is 0 Å². The third-order valence-electron chi connectivity index (χ3n) is 5.94. The van der Waals surface area contributed by atoms with Crippen LogP contribution >= 0.6 is 11.3 Å². The van der Waals surface area contributed by atoms with E-state index in [1.165, 1.54) is 28.7 Å². The zero-order valence-corrected chi connectivity index (χ0v) is 17.0.